The Morgan fingerprint density at radius 1 is 1.32 bits per heavy atom. The van der Waals surface area contributed by atoms with Gasteiger partial charge >= 0.3 is 0 Å². The molecule has 1 aromatic rings. The van der Waals surface area contributed by atoms with Crippen molar-refractivity contribution in [3.63, 3.8) is 0 Å². The third-order valence-corrected chi connectivity index (χ3v) is 6.36. The fourth-order valence-electron chi connectivity index (χ4n) is 5.78. The zero-order valence-electron chi connectivity index (χ0n) is 14.1. The smallest absolute Gasteiger partial charge is 0.0379 e. The van der Waals surface area contributed by atoms with Crippen LogP contribution in [0.15, 0.2) is 55.7 Å². The Morgan fingerprint density at radius 3 is 2.68 bits per heavy atom. The van der Waals surface area contributed by atoms with E-state index < -0.39 is 0 Å². The Labute approximate surface area is 134 Å². The number of rotatable bonds is 6. The van der Waals surface area contributed by atoms with Gasteiger partial charge in [-0.15, -0.1) is 6.58 Å². The molecule has 0 spiro atoms. The van der Waals surface area contributed by atoms with Gasteiger partial charge in [0.25, 0.3) is 0 Å². The minimum Gasteiger partial charge on any atom is -0.388 e. The maximum absolute atomic E-state index is 4.04. The molecule has 1 N–H and O–H groups in total. The van der Waals surface area contributed by atoms with Crippen molar-refractivity contribution >= 4 is 5.69 Å². The molecule has 1 fully saturated rings. The van der Waals surface area contributed by atoms with E-state index in [1.54, 1.807) is 0 Å². The van der Waals surface area contributed by atoms with Crippen LogP contribution in [-0.2, 0) is 10.8 Å². The number of nitrogens with one attached hydrogen (secondary N) is 1. The Kier molecular flexibility index (Phi) is 3.36. The van der Waals surface area contributed by atoms with Crippen molar-refractivity contribution in [3.05, 3.63) is 66.8 Å². The summed E-state index contributed by atoms with van der Waals surface area (Å²) in [6.45, 7) is 12.6. The molecule has 0 bridgehead atoms. The zero-order chi connectivity index (χ0) is 16.0. The third kappa shape index (κ3) is 1.40. The van der Waals surface area contributed by atoms with Crippen LogP contribution in [0.1, 0.15) is 44.2 Å². The van der Waals surface area contributed by atoms with Crippen LogP contribution in [0.5, 0.6) is 0 Å². The summed E-state index contributed by atoms with van der Waals surface area (Å²) in [5, 5.41) is 3.41. The highest BCUT2D eigenvalue weighted by atomic mass is 14.9. The zero-order valence-corrected chi connectivity index (χ0v) is 14.1. The van der Waals surface area contributed by atoms with E-state index in [1.165, 1.54) is 23.2 Å². The van der Waals surface area contributed by atoms with E-state index in [2.05, 4.69) is 68.7 Å². The lowest BCUT2D eigenvalue weighted by Crippen LogP contribution is -2.75. The van der Waals surface area contributed by atoms with E-state index in [-0.39, 0.29) is 16.2 Å². The molecule has 0 aromatic heterocycles. The molecule has 2 aliphatic rings. The maximum atomic E-state index is 4.04. The van der Waals surface area contributed by atoms with Crippen molar-refractivity contribution in [1.29, 1.82) is 0 Å². The maximum Gasteiger partial charge on any atom is 0.0379 e. The van der Waals surface area contributed by atoms with Gasteiger partial charge in [-0.05, 0) is 41.9 Å². The molecule has 116 valence electrons. The summed E-state index contributed by atoms with van der Waals surface area (Å²) in [5.74, 6) is 0. The molecule has 22 heavy (non-hydrogen) atoms. The molecule has 3 rings (SSSR count). The molecule has 0 saturated heterocycles. The van der Waals surface area contributed by atoms with Crippen molar-refractivity contribution in [1.82, 2.24) is 0 Å². The number of hydrogen-bond donors (Lipinski definition) is 1. The number of benzene rings is 1. The second-order valence-electron chi connectivity index (χ2n) is 7.00. The molecule has 0 amide bonds. The summed E-state index contributed by atoms with van der Waals surface area (Å²) in [5.41, 5.74) is 5.03. The average Bonchev–Trinajstić information content (AvgIpc) is 2.52. The molecular weight excluding hydrogens is 266 g/mol. The van der Waals surface area contributed by atoms with Gasteiger partial charge in [0.2, 0.25) is 0 Å². The fourth-order valence-corrected chi connectivity index (χ4v) is 5.78. The van der Waals surface area contributed by atoms with E-state index in [0.717, 1.165) is 12.8 Å². The van der Waals surface area contributed by atoms with Crippen LogP contribution in [0, 0.1) is 5.41 Å². The quantitative estimate of drug-likeness (QED) is 0.550. The first-order valence-corrected chi connectivity index (χ1v) is 8.30. The van der Waals surface area contributed by atoms with Crippen LogP contribution in [0.2, 0.25) is 0 Å². The summed E-state index contributed by atoms with van der Waals surface area (Å²) in [6, 6.07) is 6.72. The van der Waals surface area contributed by atoms with Crippen LogP contribution in [0.25, 0.3) is 0 Å². The highest BCUT2D eigenvalue weighted by molar-refractivity contribution is 5.73. The Bertz CT molecular complexity index is 656. The lowest BCUT2D eigenvalue weighted by Gasteiger charge is -2.78. The molecule has 1 saturated carbocycles. The van der Waals surface area contributed by atoms with Crippen LogP contribution < -0.4 is 5.32 Å². The summed E-state index contributed by atoms with van der Waals surface area (Å²) in [4.78, 5) is 0. The van der Waals surface area contributed by atoms with E-state index in [9.17, 15) is 0 Å². The van der Waals surface area contributed by atoms with Gasteiger partial charge in [0.05, 0.1) is 0 Å². The lowest BCUT2D eigenvalue weighted by atomic mass is 9.25. The van der Waals surface area contributed by atoms with Crippen molar-refractivity contribution < 1.29 is 0 Å². The Morgan fingerprint density at radius 2 is 2.09 bits per heavy atom. The predicted molar refractivity (Wildman–Crippen MR) is 96.5 cm³/mol. The highest BCUT2D eigenvalue weighted by Gasteiger charge is 2.77. The normalized spacial score (nSPS) is 35.0. The first-order chi connectivity index (χ1) is 10.6. The van der Waals surface area contributed by atoms with E-state index >= 15 is 0 Å². The lowest BCUT2D eigenvalue weighted by molar-refractivity contribution is -0.0964. The predicted octanol–water partition coefficient (Wildman–Crippen LogP) is 5.36. The first kappa shape index (κ1) is 15.1. The number of allylic oxidation sites excluding steroid dienone is 4. The molecule has 1 heteroatoms. The minimum absolute atomic E-state index is 0.193. The number of fused-ring (bicyclic) bond motifs is 4. The summed E-state index contributed by atoms with van der Waals surface area (Å²) in [6.07, 6.45) is 11.9. The molecule has 0 radical (unpaired) electrons. The van der Waals surface area contributed by atoms with Gasteiger partial charge in [0.15, 0.2) is 0 Å². The van der Waals surface area contributed by atoms with Gasteiger partial charge in [-0.3, -0.25) is 0 Å². The fraction of sp³-hybridized carbons (Fsp3) is 0.429. The van der Waals surface area contributed by atoms with E-state index in [1.807, 2.05) is 13.1 Å². The van der Waals surface area contributed by atoms with Crippen LogP contribution in [0.3, 0.4) is 0 Å². The van der Waals surface area contributed by atoms with Gasteiger partial charge in [0.1, 0.15) is 0 Å². The SMILES string of the molecule is C=C/C=C\C1(C)CC2(CC=C)c3cccc(NC)c3C12CC. The van der Waals surface area contributed by atoms with E-state index in [0.29, 0.717) is 0 Å². The van der Waals surface area contributed by atoms with Gasteiger partial charge in [0, 0.05) is 23.6 Å². The molecule has 3 atom stereocenters. The summed E-state index contributed by atoms with van der Waals surface area (Å²) < 4.78 is 0. The Hall–Kier alpha value is -1.76. The highest BCUT2D eigenvalue weighted by Crippen LogP contribution is 2.80. The molecular formula is C21H27N. The van der Waals surface area contributed by atoms with Crippen molar-refractivity contribution in [3.8, 4) is 0 Å². The van der Waals surface area contributed by atoms with Crippen LogP contribution >= 0.6 is 0 Å². The molecule has 1 aromatic carbocycles. The largest absolute Gasteiger partial charge is 0.388 e. The number of anilines is 1. The minimum atomic E-state index is 0.193. The first-order valence-electron chi connectivity index (χ1n) is 8.30. The monoisotopic (exact) mass is 293 g/mol. The van der Waals surface area contributed by atoms with Crippen LogP contribution in [-0.4, -0.2) is 7.05 Å². The van der Waals surface area contributed by atoms with E-state index in [4.69, 9.17) is 0 Å². The second-order valence-corrected chi connectivity index (χ2v) is 7.00. The molecule has 1 nitrogen and oxygen atoms in total. The number of hydrogen-bond acceptors (Lipinski definition) is 1. The van der Waals surface area contributed by atoms with Crippen molar-refractivity contribution in [2.75, 3.05) is 12.4 Å². The molecule has 0 heterocycles. The standard InChI is InChI=1S/C21H27N/c1-6-9-14-19(4)15-20(13-7-2)16-11-10-12-17(22-5)18(16)21(19,20)8-3/h6-7,9-12,14,22H,1-2,8,13,15H2,3-5H3/b14-9-. The summed E-state index contributed by atoms with van der Waals surface area (Å²) >= 11 is 0. The van der Waals surface area contributed by atoms with Gasteiger partial charge in [-0.1, -0.05) is 56.9 Å². The van der Waals surface area contributed by atoms with Crippen molar-refractivity contribution in [2.24, 2.45) is 5.41 Å². The molecule has 3 unspecified atom stereocenters. The Balaban J connectivity index is 2.23. The summed E-state index contributed by atoms with van der Waals surface area (Å²) in [7, 11) is 2.03. The van der Waals surface area contributed by atoms with Gasteiger partial charge in [-0.2, -0.15) is 0 Å². The second kappa shape index (κ2) is 4.87. The third-order valence-electron chi connectivity index (χ3n) is 6.36. The van der Waals surface area contributed by atoms with Crippen molar-refractivity contribution in [2.45, 2.75) is 43.9 Å². The molecule has 0 aliphatic heterocycles. The topological polar surface area (TPSA) is 12.0 Å². The van der Waals surface area contributed by atoms with Gasteiger partial charge < -0.3 is 5.32 Å². The van der Waals surface area contributed by atoms with Crippen LogP contribution in [0.4, 0.5) is 5.69 Å². The van der Waals surface area contributed by atoms with Gasteiger partial charge in [-0.25, -0.2) is 0 Å². The average molecular weight is 293 g/mol. The molecule has 2 aliphatic carbocycles.